The third kappa shape index (κ3) is 24.5. The van der Waals surface area contributed by atoms with E-state index in [1.165, 1.54) is 101 Å². The van der Waals surface area contributed by atoms with E-state index in [9.17, 15) is 79.4 Å². The van der Waals surface area contributed by atoms with Gasteiger partial charge >= 0.3 is 6.18 Å². The smallest absolute Gasteiger partial charge is 0.417 e. The average molecular weight is 2010 g/mol. The van der Waals surface area contributed by atoms with Crippen LogP contribution in [0.25, 0.3) is 0 Å². The molecule has 0 aliphatic carbocycles. The second kappa shape index (κ2) is 39.7. The maximum atomic E-state index is 13.0. The summed E-state index contributed by atoms with van der Waals surface area (Å²) in [6, 6.07) is 28.3. The van der Waals surface area contributed by atoms with Crippen LogP contribution in [0, 0.1) is 19.7 Å². The van der Waals surface area contributed by atoms with Gasteiger partial charge in [0, 0.05) is 95.7 Å². The highest BCUT2D eigenvalue weighted by molar-refractivity contribution is 7.98. The molecule has 1 unspecified atom stereocenters. The highest BCUT2D eigenvalue weighted by Crippen LogP contribution is 2.38. The predicted octanol–water partition coefficient (Wildman–Crippen LogP) is 5.17. The Morgan fingerprint density at radius 2 is 0.854 bits per heavy atom. The number of carbonyl (C=O) groups is 5. The number of halogens is 5. The second-order valence-corrected chi connectivity index (χ2v) is 43.1. The summed E-state index contributed by atoms with van der Waals surface area (Å²) in [5.74, 6) is 0.438. The number of carbonyl (C=O) groups excluding carboxylic acids is 5. The molecule has 0 spiro atoms. The van der Waals surface area contributed by atoms with E-state index in [2.05, 4.69) is 102 Å². The standard InChI is InChI=1S/C18H20FN5O2S.C17H18ClN5O3S.C17H17F3N6O3S.C16H19N7O3S.C15H18N6O4S/c1-18(11-27(3,26)24(2)17(20)23-18)13-6-12(8-21-9-13)7-16(25)15-5-4-14(19)10-22-15;1-17(10-27(25,26)23(2)16(19)22-17)13-4-3-5-14(20-13)21-15(24)11-6-8-12(18)9-7-11;1-16(9-30(28,29)26(2)15(21)25-16)12-4-3-5-13(23-12)24-14(27)11-7-6-10(8-22-11)17(18,19)20;1-10-7-19-11(8-18-10)14(24)21-13-6-4-5-12(20-13)16(2)9-27(25,26)23(3)15(17)22-16;1-9-18-12(7-25-9)13(22)19-11-4-10(5-17-6-11)15(2)8-26(23,24)21(3)14(16)20-15/h4-6,8-10H,3,7,11H2,1-2H3,(H2,20,23);3-9H,10H2,1-2H3,(H2,19,22)(H,20,21,24);3-8H,9H2,1-2H3,(H2,21,25)(H,23,24,27);4-8H,9H2,1-3H3,(H2,17,22)(H,20,21,24);4-7H,8H2,1-3H3,(H2,16,20)(H,19,22)/t18-,27?;17-;2*16-;15-/m00000/s1. The highest BCUT2D eigenvalue weighted by atomic mass is 35.5. The first-order valence-corrected chi connectivity index (χ1v) is 48.9. The molecule has 6 atom stereocenters. The van der Waals surface area contributed by atoms with Crippen molar-refractivity contribution in [1.29, 1.82) is 0 Å². The molecule has 14 heterocycles. The highest BCUT2D eigenvalue weighted by Gasteiger charge is 2.46. The van der Waals surface area contributed by atoms with Gasteiger partial charge in [0.1, 0.15) is 91.6 Å². The molecule has 5 aliphatic heterocycles. The molecule has 54 heteroatoms. The zero-order valence-corrected chi connectivity index (χ0v) is 79.8. The fourth-order valence-electron chi connectivity index (χ4n) is 13.5. The van der Waals surface area contributed by atoms with Crippen molar-refractivity contribution in [2.24, 2.45) is 53.6 Å². The number of aryl methyl sites for hydroxylation is 2. The number of anilines is 4. The van der Waals surface area contributed by atoms with Crippen LogP contribution in [0.2, 0.25) is 5.02 Å². The fraction of sp³-hybridized carbons (Fsp3) is 0.289. The quantitative estimate of drug-likeness (QED) is 0.0342. The van der Waals surface area contributed by atoms with Gasteiger partial charge in [-0.15, -0.1) is 0 Å². The number of amides is 4. The molecule has 44 nitrogen and oxygen atoms in total. The van der Waals surface area contributed by atoms with Crippen molar-refractivity contribution in [3.63, 3.8) is 0 Å². The van der Waals surface area contributed by atoms with E-state index in [-0.39, 0.29) is 123 Å². The van der Waals surface area contributed by atoms with Crippen LogP contribution in [0.15, 0.2) is 200 Å². The Bertz CT molecular complexity index is 6750. The second-order valence-electron chi connectivity index (χ2n) is 32.3. The predicted molar refractivity (Wildman–Crippen MR) is 503 cm³/mol. The van der Waals surface area contributed by atoms with Gasteiger partial charge in [-0.1, -0.05) is 29.8 Å². The number of pyridine rings is 7. The first-order valence-electron chi connectivity index (χ1n) is 40.2. The maximum absolute atomic E-state index is 13.0. The molecular formula is C83H92ClF4N29O15S5. The van der Waals surface area contributed by atoms with Crippen LogP contribution in [-0.2, 0) is 90.1 Å². The minimum atomic E-state index is -4.57. The lowest BCUT2D eigenvalue weighted by atomic mass is 9.94. The zero-order chi connectivity index (χ0) is 101. The summed E-state index contributed by atoms with van der Waals surface area (Å²) in [5, 5.41) is 10.9. The number of nitrogens with one attached hydrogen (secondary N) is 4. The van der Waals surface area contributed by atoms with Gasteiger partial charge in [-0.2, -0.15) is 13.2 Å². The van der Waals surface area contributed by atoms with Crippen molar-refractivity contribution in [1.82, 2.24) is 71.4 Å². The van der Waals surface area contributed by atoms with Gasteiger partial charge in [0.15, 0.2) is 17.4 Å². The lowest BCUT2D eigenvalue weighted by Crippen LogP contribution is -2.50. The molecule has 4 amide bonds. The monoisotopic (exact) mass is 2010 g/mol. The molecule has 0 saturated carbocycles. The summed E-state index contributed by atoms with van der Waals surface area (Å²) in [4.78, 5) is 124. The number of Topliss-reactive ketones (excluding diaryl/α,β-unsaturated/α-hetero) is 1. The molecule has 0 saturated heterocycles. The Kier molecular flexibility index (Phi) is 29.8. The maximum Gasteiger partial charge on any atom is 0.417 e. The van der Waals surface area contributed by atoms with Crippen molar-refractivity contribution in [2.75, 3.05) is 85.3 Å². The number of benzene rings is 1. The number of guanidine groups is 5. The Balaban J connectivity index is 0.000000164. The molecule has 0 fully saturated rings. The fourth-order valence-corrected chi connectivity index (χ4v) is 21.1. The molecule has 14 N–H and O–H groups in total. The van der Waals surface area contributed by atoms with E-state index >= 15 is 0 Å². The normalized spacial score (nSPS) is 22.2. The van der Waals surface area contributed by atoms with Gasteiger partial charge in [-0.05, 0) is 156 Å². The van der Waals surface area contributed by atoms with E-state index < -0.39 is 113 Å². The van der Waals surface area contributed by atoms with Crippen LogP contribution in [0.1, 0.15) is 138 Å². The van der Waals surface area contributed by atoms with E-state index in [1.807, 2.05) is 6.92 Å². The summed E-state index contributed by atoms with van der Waals surface area (Å²) in [6.07, 6.45) is 7.26. The minimum absolute atomic E-state index is 0.0468. The number of alkyl halides is 3. The Hall–Kier alpha value is -14.7. The number of aromatic nitrogens is 10. The van der Waals surface area contributed by atoms with Crippen LogP contribution in [0.3, 0.4) is 0 Å². The van der Waals surface area contributed by atoms with Gasteiger partial charge < -0.3 is 54.4 Å². The number of hydrogen-bond donors (Lipinski definition) is 9. The van der Waals surface area contributed by atoms with E-state index in [4.69, 9.17) is 44.7 Å². The molecule has 1 aromatic carbocycles. The Morgan fingerprint density at radius 3 is 1.27 bits per heavy atom. The number of hydrogen-bond acceptors (Lipinski definition) is 35. The van der Waals surface area contributed by atoms with Crippen molar-refractivity contribution in [2.45, 2.75) is 88.8 Å². The topological polar surface area (TPSA) is 637 Å². The number of aliphatic imine (C=N–C) groups is 5. The number of nitrogens with zero attached hydrogens (tertiary/aromatic N) is 20. The Labute approximate surface area is 788 Å². The van der Waals surface area contributed by atoms with Crippen molar-refractivity contribution >= 4 is 150 Å². The number of sulfonamides is 4. The molecule has 10 aromatic rings. The van der Waals surface area contributed by atoms with Crippen LogP contribution >= 0.6 is 11.6 Å². The summed E-state index contributed by atoms with van der Waals surface area (Å²) in [6.45, 7) is 11.7. The molecule has 137 heavy (non-hydrogen) atoms. The van der Waals surface area contributed by atoms with Crippen LogP contribution in [-0.4, -0.2) is 238 Å². The summed E-state index contributed by atoms with van der Waals surface area (Å²) >= 11 is 5.82. The third-order valence-corrected chi connectivity index (χ3v) is 31.5. The largest absolute Gasteiger partial charge is 0.448 e. The van der Waals surface area contributed by atoms with E-state index in [1.54, 1.807) is 127 Å². The Morgan fingerprint density at radius 1 is 0.445 bits per heavy atom. The minimum Gasteiger partial charge on any atom is -0.448 e. The molecule has 15 rings (SSSR count). The first-order chi connectivity index (χ1) is 63.7. The number of rotatable bonds is 16. The van der Waals surface area contributed by atoms with E-state index in [0.29, 0.717) is 62.1 Å². The van der Waals surface area contributed by atoms with Gasteiger partial charge in [0.2, 0.25) is 69.9 Å². The van der Waals surface area contributed by atoms with Crippen molar-refractivity contribution < 1.29 is 83.8 Å². The van der Waals surface area contributed by atoms with Gasteiger partial charge in [0.05, 0.1) is 73.8 Å². The van der Waals surface area contributed by atoms with Crippen LogP contribution in [0.4, 0.5) is 40.7 Å². The third-order valence-electron chi connectivity index (χ3n) is 21.3. The van der Waals surface area contributed by atoms with Crippen LogP contribution < -0.4 is 49.9 Å². The lowest BCUT2D eigenvalue weighted by molar-refractivity contribution is -0.137. The van der Waals surface area contributed by atoms with E-state index in [0.717, 1.165) is 35.6 Å². The molecule has 0 radical (unpaired) electrons. The molecule has 724 valence electrons. The van der Waals surface area contributed by atoms with Gasteiger partial charge in [-0.25, -0.2) is 109 Å². The summed E-state index contributed by atoms with van der Waals surface area (Å²) in [5.41, 5.74) is 26.8. The number of nitrogens with two attached hydrogens (primary N) is 5. The number of ketones is 1. The number of oxazole rings is 1. The SMILES string of the molecule is C=S1(=O)C[C@@](C)(c2cncc(CC(=O)c3ccc(F)cn3)c2)N=C(N)N1C.CN1C(N)=N[C@](C)(c2cccc(NC(=O)c3ccc(C(F)(F)F)cn3)n2)CS1(=O)=O.CN1C(N)=N[C@](C)(c2cccc(NC(=O)c3ccc(Cl)cc3)n2)CS1(=O)=O.Cc1cnc(C(=O)Nc2cccc([C@]3(C)CS(=O)(=O)N(C)C(N)=N3)n2)cn1.Cc1nc(C(=O)Nc2cncc([C@]3(C)CS(=O)(=O)N(C)C(N)=N3)c2)co1. The first kappa shape index (κ1) is 103. The summed E-state index contributed by atoms with van der Waals surface area (Å²) in [7, 11) is -10.2. The average Bonchev–Trinajstić information content (AvgIpc) is 1.09. The molecule has 0 bridgehead atoms. The van der Waals surface area contributed by atoms with Crippen LogP contribution in [0.5, 0.6) is 0 Å². The van der Waals surface area contributed by atoms with Gasteiger partial charge in [-0.3, -0.25) is 53.2 Å². The van der Waals surface area contributed by atoms with Crippen molar-refractivity contribution in [3.8, 4) is 0 Å². The molecule has 9 aromatic heterocycles. The summed E-state index contributed by atoms with van der Waals surface area (Å²) < 4.78 is 172. The molecular weight excluding hydrogens is 1910 g/mol. The zero-order valence-electron chi connectivity index (χ0n) is 75.0. The van der Waals surface area contributed by atoms with Crippen molar-refractivity contribution in [3.05, 3.63) is 261 Å². The van der Waals surface area contributed by atoms with Gasteiger partial charge in [0.25, 0.3) is 23.6 Å². The lowest BCUT2D eigenvalue weighted by Gasteiger charge is -2.37. The molecule has 5 aliphatic rings.